The molecular formula is C12H9O22P. The number of hydrogen-bond acceptors (Lipinski definition) is 13. The normalized spacial score (nSPS) is 12.2. The van der Waals surface area contributed by atoms with Crippen LogP contribution in [0.15, 0.2) is 0 Å². The van der Waals surface area contributed by atoms with Crippen molar-refractivity contribution in [1.82, 2.24) is 0 Å². The number of hydrogen-bond donors (Lipinski definition) is 9. The predicted molar refractivity (Wildman–Crippen MR) is 87.8 cm³/mol. The predicted octanol–water partition coefficient (Wildman–Crippen LogP) is -3.88. The summed E-state index contributed by atoms with van der Waals surface area (Å²) < 4.78 is 23.6. The fraction of sp³-hybridized carbons (Fsp3) is 0.250. The highest BCUT2D eigenvalue weighted by molar-refractivity contribution is 7.49. The van der Waals surface area contributed by atoms with E-state index in [0.717, 1.165) is 0 Å². The van der Waals surface area contributed by atoms with E-state index < -0.39 is 78.3 Å². The summed E-state index contributed by atoms with van der Waals surface area (Å²) in [7, 11) is -7.50. The number of carboxylic acid groups (broad SMARTS) is 9. The van der Waals surface area contributed by atoms with Crippen molar-refractivity contribution in [3.05, 3.63) is 0 Å². The zero-order chi connectivity index (χ0) is 28.3. The molecule has 194 valence electrons. The van der Waals surface area contributed by atoms with Gasteiger partial charge in [-0.25, -0.2) is 61.3 Å². The van der Waals surface area contributed by atoms with Crippen LogP contribution in [0.2, 0.25) is 0 Å². The summed E-state index contributed by atoms with van der Waals surface area (Å²) >= 11 is 0. The Balaban J connectivity index is 7.69. The minimum Gasteiger partial charge on any atom is -0.478 e. The third-order valence-corrected chi connectivity index (χ3v) is 4.95. The Kier molecular flexibility index (Phi) is 8.39. The molecule has 35 heavy (non-hydrogen) atoms. The number of phosphoric acid groups is 1. The van der Waals surface area contributed by atoms with Crippen LogP contribution in [0, 0.1) is 0 Å². The molecule has 0 aromatic rings. The number of carbonyl (C=O) groups is 9. The van der Waals surface area contributed by atoms with E-state index >= 15 is 0 Å². The van der Waals surface area contributed by atoms with Crippen LogP contribution < -0.4 is 0 Å². The van der Waals surface area contributed by atoms with Crippen LogP contribution in [-0.2, 0) is 61.3 Å². The van der Waals surface area contributed by atoms with Crippen LogP contribution in [0.1, 0.15) is 0 Å². The molecule has 0 spiro atoms. The Morgan fingerprint density at radius 2 is 0.486 bits per heavy atom. The van der Waals surface area contributed by atoms with Gasteiger partial charge >= 0.3 is 78.3 Å². The Bertz CT molecular complexity index is 839. The minimum absolute atomic E-state index is 3.25. The fourth-order valence-corrected chi connectivity index (χ4v) is 3.55. The van der Waals surface area contributed by atoms with E-state index in [-0.39, 0.29) is 0 Å². The van der Waals surface area contributed by atoms with E-state index in [4.69, 9.17) is 46.0 Å². The second-order valence-corrected chi connectivity index (χ2v) is 6.95. The first-order valence-electron chi connectivity index (χ1n) is 7.44. The van der Waals surface area contributed by atoms with Gasteiger partial charge in [-0.2, -0.15) is 0 Å². The third-order valence-electron chi connectivity index (χ3n) is 3.46. The lowest BCUT2D eigenvalue weighted by Crippen LogP contribution is -2.60. The Morgan fingerprint density at radius 3 is 0.571 bits per heavy atom. The first-order chi connectivity index (χ1) is 15.6. The summed E-state index contributed by atoms with van der Waals surface area (Å²) in [5, 5.41) is 80.7. The quantitative estimate of drug-likeness (QED) is 0.0713. The molecule has 0 aliphatic rings. The number of aliphatic carboxylic acids is 9. The second-order valence-electron chi connectivity index (χ2n) is 5.51. The van der Waals surface area contributed by atoms with Gasteiger partial charge in [0, 0.05) is 0 Å². The molecule has 0 unspecified atom stereocenters. The SMILES string of the molecule is O=C(O)C(OP(=O)(OC(C(=O)O)(C(=O)O)C(=O)O)OC(C(=O)O)(C(=O)O)C(=O)O)(C(=O)O)C(=O)O. The maximum Gasteiger partial charge on any atom is 0.481 e. The summed E-state index contributed by atoms with van der Waals surface area (Å²) in [4.78, 5) is 102. The Labute approximate surface area is 186 Å². The van der Waals surface area contributed by atoms with E-state index in [1.54, 1.807) is 0 Å². The molecule has 0 heterocycles. The van der Waals surface area contributed by atoms with Crippen molar-refractivity contribution in [2.24, 2.45) is 0 Å². The van der Waals surface area contributed by atoms with Crippen molar-refractivity contribution >= 4 is 61.5 Å². The topological polar surface area (TPSA) is 380 Å². The summed E-state index contributed by atoms with van der Waals surface area (Å²) in [5.41, 5.74) is -15.2. The van der Waals surface area contributed by atoms with Gasteiger partial charge in [-0.1, -0.05) is 0 Å². The van der Waals surface area contributed by atoms with Crippen molar-refractivity contribution in [3.63, 3.8) is 0 Å². The second kappa shape index (κ2) is 9.68. The molecule has 9 N–H and O–H groups in total. The lowest BCUT2D eigenvalue weighted by molar-refractivity contribution is -0.195. The van der Waals surface area contributed by atoms with Crippen LogP contribution >= 0.6 is 7.82 Å². The van der Waals surface area contributed by atoms with Gasteiger partial charge < -0.3 is 46.0 Å². The van der Waals surface area contributed by atoms with Crippen LogP contribution in [0.25, 0.3) is 0 Å². The van der Waals surface area contributed by atoms with E-state index in [0.29, 0.717) is 0 Å². The lowest BCUT2D eigenvalue weighted by Gasteiger charge is -2.32. The van der Waals surface area contributed by atoms with E-state index in [1.165, 1.54) is 0 Å². The molecule has 0 fully saturated rings. The largest absolute Gasteiger partial charge is 0.481 e. The Hall–Kier alpha value is -4.66. The maximum atomic E-state index is 13.0. The van der Waals surface area contributed by atoms with Crippen molar-refractivity contribution in [2.45, 2.75) is 16.8 Å². The van der Waals surface area contributed by atoms with Gasteiger partial charge in [0.05, 0.1) is 0 Å². The molecule has 0 aromatic heterocycles. The maximum absolute atomic E-state index is 13.0. The molecule has 0 bridgehead atoms. The van der Waals surface area contributed by atoms with Gasteiger partial charge in [-0.15, -0.1) is 0 Å². The molecule has 0 aliphatic heterocycles. The van der Waals surface area contributed by atoms with E-state index in [1.807, 2.05) is 0 Å². The van der Waals surface area contributed by atoms with Gasteiger partial charge in [-0.05, 0) is 0 Å². The molecule has 0 saturated carbocycles. The van der Waals surface area contributed by atoms with Crippen molar-refractivity contribution in [3.8, 4) is 0 Å². The molecule has 0 aliphatic carbocycles. The number of carboxylic acids is 9. The van der Waals surface area contributed by atoms with Crippen LogP contribution in [0.4, 0.5) is 0 Å². The zero-order valence-electron chi connectivity index (χ0n) is 15.8. The smallest absolute Gasteiger partial charge is 0.478 e. The number of rotatable bonds is 15. The molecule has 22 nitrogen and oxygen atoms in total. The number of phosphoric ester groups is 1. The van der Waals surface area contributed by atoms with Crippen molar-refractivity contribution in [1.29, 1.82) is 0 Å². The van der Waals surface area contributed by atoms with Crippen LogP contribution in [0.5, 0.6) is 0 Å². The summed E-state index contributed by atoms with van der Waals surface area (Å²) in [6.07, 6.45) is 0. The molecule has 0 amide bonds. The van der Waals surface area contributed by atoms with Crippen LogP contribution in [-0.4, -0.2) is 116 Å². The molecule has 0 atom stereocenters. The minimum atomic E-state index is -7.50. The molecule has 0 radical (unpaired) electrons. The van der Waals surface area contributed by atoms with Gasteiger partial charge in [0.1, 0.15) is 0 Å². The standard InChI is InChI=1S/C12H9O22P/c13-1(14)10(2(15)16,3(17)18)32-35(31,33-11(4(19)20,5(21)22)6(23)24)34-12(7(25)26,8(27)28)9(29)30/h(H,13,14)(H,15,16)(H,17,18)(H,19,20)(H,21,22)(H,23,24)(H,25,26)(H,27,28)(H,29,30). The lowest BCUT2D eigenvalue weighted by atomic mass is 10.1. The third kappa shape index (κ3) is 4.84. The summed E-state index contributed by atoms with van der Waals surface area (Å²) in [6, 6.07) is 0. The summed E-state index contributed by atoms with van der Waals surface area (Å²) in [5.74, 6) is -29.2. The van der Waals surface area contributed by atoms with Gasteiger partial charge in [-0.3, -0.25) is 0 Å². The monoisotopic (exact) mass is 536 g/mol. The molecule has 23 heteroatoms. The average Bonchev–Trinajstić information content (AvgIpc) is 2.66. The van der Waals surface area contributed by atoms with Crippen molar-refractivity contribution in [2.75, 3.05) is 0 Å². The molecule has 0 rings (SSSR count). The van der Waals surface area contributed by atoms with E-state index in [2.05, 4.69) is 13.6 Å². The zero-order valence-corrected chi connectivity index (χ0v) is 16.7. The summed E-state index contributed by atoms with van der Waals surface area (Å²) in [6.45, 7) is 0. The van der Waals surface area contributed by atoms with Gasteiger partial charge in [0.15, 0.2) is 0 Å². The van der Waals surface area contributed by atoms with Crippen molar-refractivity contribution < 1.29 is 107 Å². The highest BCUT2D eigenvalue weighted by atomic mass is 31.2. The molecule has 0 aromatic carbocycles. The van der Waals surface area contributed by atoms with Crippen LogP contribution in [0.3, 0.4) is 0 Å². The highest BCUT2D eigenvalue weighted by Gasteiger charge is 2.71. The van der Waals surface area contributed by atoms with E-state index in [9.17, 15) is 47.7 Å². The van der Waals surface area contributed by atoms with Gasteiger partial charge in [0.25, 0.3) is 0 Å². The molecular weight excluding hydrogens is 527 g/mol. The Morgan fingerprint density at radius 1 is 0.371 bits per heavy atom. The highest BCUT2D eigenvalue weighted by Crippen LogP contribution is 2.58. The first-order valence-corrected chi connectivity index (χ1v) is 8.90. The molecule has 0 saturated heterocycles. The fourth-order valence-electron chi connectivity index (χ4n) is 1.73. The first kappa shape index (κ1) is 30.3. The van der Waals surface area contributed by atoms with Gasteiger partial charge in [0.2, 0.25) is 0 Å². The average molecular weight is 536 g/mol.